The Bertz CT molecular complexity index is 829. The molecule has 2 aliphatic rings. The third kappa shape index (κ3) is 4.33. The van der Waals surface area contributed by atoms with Crippen molar-refractivity contribution in [2.75, 3.05) is 74.2 Å². The number of nitrogens with zero attached hydrogens (tertiary/aromatic N) is 7. The van der Waals surface area contributed by atoms with Gasteiger partial charge in [0.25, 0.3) is 0 Å². The minimum Gasteiger partial charge on any atom is -0.497 e. The van der Waals surface area contributed by atoms with Gasteiger partial charge < -0.3 is 24.3 Å². The molecule has 2 saturated heterocycles. The Morgan fingerprint density at radius 3 is 2.14 bits per heavy atom. The molecule has 2 aromatic rings. The molecule has 29 heavy (non-hydrogen) atoms. The van der Waals surface area contributed by atoms with Gasteiger partial charge in [0.15, 0.2) is 5.82 Å². The fourth-order valence-corrected chi connectivity index (χ4v) is 3.78. The van der Waals surface area contributed by atoms with E-state index in [-0.39, 0.29) is 5.91 Å². The first kappa shape index (κ1) is 19.2. The number of piperazine rings is 2. The molecule has 0 N–H and O–H groups in total. The summed E-state index contributed by atoms with van der Waals surface area (Å²) in [5, 5.41) is 8.40. The van der Waals surface area contributed by atoms with Crippen LogP contribution < -0.4 is 19.4 Å². The van der Waals surface area contributed by atoms with Crippen LogP contribution in [0.1, 0.15) is 6.92 Å². The Hall–Kier alpha value is -3.10. The summed E-state index contributed by atoms with van der Waals surface area (Å²) in [7, 11) is 1.68. The van der Waals surface area contributed by atoms with Crippen LogP contribution in [0, 0.1) is 0 Å². The average Bonchev–Trinajstić information content (AvgIpc) is 2.79. The predicted molar refractivity (Wildman–Crippen MR) is 112 cm³/mol. The van der Waals surface area contributed by atoms with Crippen molar-refractivity contribution < 1.29 is 9.53 Å². The van der Waals surface area contributed by atoms with Crippen LogP contribution >= 0.6 is 0 Å². The molecule has 0 saturated carbocycles. The smallest absolute Gasteiger partial charge is 0.247 e. The van der Waals surface area contributed by atoms with E-state index in [1.54, 1.807) is 20.2 Å². The first-order valence-electron chi connectivity index (χ1n) is 9.98. The number of hydrogen-bond acceptors (Lipinski definition) is 8. The van der Waals surface area contributed by atoms with Crippen LogP contribution in [0.5, 0.6) is 5.75 Å². The number of benzene rings is 1. The van der Waals surface area contributed by atoms with Gasteiger partial charge in [0.1, 0.15) is 5.75 Å². The summed E-state index contributed by atoms with van der Waals surface area (Å²) in [5.41, 5.74) is 1.20. The van der Waals surface area contributed by atoms with Gasteiger partial charge >= 0.3 is 0 Å². The van der Waals surface area contributed by atoms with E-state index in [1.165, 1.54) is 5.69 Å². The maximum absolute atomic E-state index is 11.5. The van der Waals surface area contributed by atoms with Crippen LogP contribution in [0.15, 0.2) is 30.5 Å². The Morgan fingerprint density at radius 2 is 1.52 bits per heavy atom. The van der Waals surface area contributed by atoms with Crippen LogP contribution in [0.4, 0.5) is 17.5 Å². The Balaban J connectivity index is 1.36. The number of ether oxygens (including phenoxy) is 1. The third-order valence-corrected chi connectivity index (χ3v) is 5.58. The quantitative estimate of drug-likeness (QED) is 0.752. The van der Waals surface area contributed by atoms with Gasteiger partial charge in [-0.3, -0.25) is 4.79 Å². The lowest BCUT2D eigenvalue weighted by atomic mass is 10.2. The van der Waals surface area contributed by atoms with Gasteiger partial charge in [-0.15, -0.1) is 5.10 Å². The van der Waals surface area contributed by atoms with Crippen molar-refractivity contribution in [3.8, 4) is 5.75 Å². The monoisotopic (exact) mass is 397 g/mol. The molecule has 0 unspecified atom stereocenters. The van der Waals surface area contributed by atoms with E-state index < -0.39 is 0 Å². The molecule has 9 heteroatoms. The van der Waals surface area contributed by atoms with E-state index in [9.17, 15) is 4.79 Å². The molecule has 1 amide bonds. The fourth-order valence-electron chi connectivity index (χ4n) is 3.78. The second kappa shape index (κ2) is 8.50. The average molecular weight is 397 g/mol. The molecule has 1 aromatic heterocycles. The molecular weight excluding hydrogens is 370 g/mol. The Labute approximate surface area is 170 Å². The standard InChI is InChI=1S/C20H27N7O2/c1-16(28)24-7-13-27(14-8-24)20-22-19(15-21-23-20)26-11-9-25(10-12-26)17-3-5-18(29-2)6-4-17/h3-6,15H,7-14H2,1-2H3. The normalized spacial score (nSPS) is 17.4. The minimum absolute atomic E-state index is 0.118. The van der Waals surface area contributed by atoms with Gasteiger partial charge in [-0.25, -0.2) is 0 Å². The second-order valence-corrected chi connectivity index (χ2v) is 7.28. The van der Waals surface area contributed by atoms with Crippen molar-refractivity contribution in [1.82, 2.24) is 20.1 Å². The van der Waals surface area contributed by atoms with Crippen molar-refractivity contribution in [2.45, 2.75) is 6.92 Å². The number of anilines is 3. The highest BCUT2D eigenvalue weighted by Gasteiger charge is 2.23. The highest BCUT2D eigenvalue weighted by Crippen LogP contribution is 2.22. The van der Waals surface area contributed by atoms with Gasteiger partial charge in [0, 0.05) is 65.0 Å². The zero-order valence-corrected chi connectivity index (χ0v) is 17.0. The van der Waals surface area contributed by atoms with Crippen molar-refractivity contribution in [3.63, 3.8) is 0 Å². The van der Waals surface area contributed by atoms with Gasteiger partial charge in [-0.1, -0.05) is 0 Å². The maximum atomic E-state index is 11.5. The van der Waals surface area contributed by atoms with Crippen LogP contribution in [0.3, 0.4) is 0 Å². The van der Waals surface area contributed by atoms with E-state index in [2.05, 4.69) is 37.0 Å². The molecule has 0 atom stereocenters. The molecule has 154 valence electrons. The lowest BCUT2D eigenvalue weighted by Gasteiger charge is -2.37. The summed E-state index contributed by atoms with van der Waals surface area (Å²) in [6.45, 7) is 8.06. The predicted octanol–water partition coefficient (Wildman–Crippen LogP) is 0.875. The van der Waals surface area contributed by atoms with Crippen molar-refractivity contribution in [1.29, 1.82) is 0 Å². The van der Waals surface area contributed by atoms with E-state index in [4.69, 9.17) is 9.72 Å². The Kier molecular flexibility index (Phi) is 5.64. The molecule has 0 radical (unpaired) electrons. The molecule has 0 aliphatic carbocycles. The molecule has 4 rings (SSSR count). The number of methoxy groups -OCH3 is 1. The first-order chi connectivity index (χ1) is 14.1. The summed E-state index contributed by atoms with van der Waals surface area (Å²) in [6, 6.07) is 8.18. The molecule has 0 spiro atoms. The summed E-state index contributed by atoms with van der Waals surface area (Å²) in [6.07, 6.45) is 1.73. The second-order valence-electron chi connectivity index (χ2n) is 7.28. The number of carbonyl (C=O) groups excluding carboxylic acids is 1. The van der Waals surface area contributed by atoms with E-state index in [1.807, 2.05) is 17.0 Å². The van der Waals surface area contributed by atoms with Gasteiger partial charge in [0.05, 0.1) is 13.3 Å². The lowest BCUT2D eigenvalue weighted by Crippen LogP contribution is -2.49. The highest BCUT2D eigenvalue weighted by atomic mass is 16.5. The topological polar surface area (TPSA) is 77.9 Å². The molecule has 3 heterocycles. The van der Waals surface area contributed by atoms with Crippen LogP contribution in [-0.2, 0) is 4.79 Å². The van der Waals surface area contributed by atoms with Crippen molar-refractivity contribution in [3.05, 3.63) is 30.5 Å². The molecule has 1 aromatic carbocycles. The van der Waals surface area contributed by atoms with Crippen LogP contribution in [0.25, 0.3) is 0 Å². The number of amides is 1. The number of rotatable bonds is 4. The zero-order chi connectivity index (χ0) is 20.2. The molecule has 2 fully saturated rings. The summed E-state index contributed by atoms with van der Waals surface area (Å²) in [4.78, 5) is 24.8. The Morgan fingerprint density at radius 1 is 0.897 bits per heavy atom. The van der Waals surface area contributed by atoms with Crippen molar-refractivity contribution >= 4 is 23.4 Å². The van der Waals surface area contributed by atoms with Gasteiger partial charge in [0.2, 0.25) is 11.9 Å². The molecule has 0 bridgehead atoms. The zero-order valence-electron chi connectivity index (χ0n) is 17.0. The summed E-state index contributed by atoms with van der Waals surface area (Å²) < 4.78 is 5.24. The highest BCUT2D eigenvalue weighted by molar-refractivity contribution is 5.73. The minimum atomic E-state index is 0.118. The van der Waals surface area contributed by atoms with Crippen LogP contribution in [-0.4, -0.2) is 85.5 Å². The molecule has 2 aliphatic heterocycles. The molecular formula is C20H27N7O2. The third-order valence-electron chi connectivity index (χ3n) is 5.58. The van der Waals surface area contributed by atoms with E-state index in [0.29, 0.717) is 19.0 Å². The number of carbonyl (C=O) groups is 1. The largest absolute Gasteiger partial charge is 0.497 e. The number of aromatic nitrogens is 3. The maximum Gasteiger partial charge on any atom is 0.247 e. The van der Waals surface area contributed by atoms with Crippen molar-refractivity contribution in [2.24, 2.45) is 0 Å². The van der Waals surface area contributed by atoms with E-state index in [0.717, 1.165) is 50.8 Å². The van der Waals surface area contributed by atoms with E-state index >= 15 is 0 Å². The van der Waals surface area contributed by atoms with Crippen LogP contribution in [0.2, 0.25) is 0 Å². The SMILES string of the molecule is COc1ccc(N2CCN(c3cnnc(N4CCN(C(C)=O)CC4)n3)CC2)cc1. The van der Waals surface area contributed by atoms with Gasteiger partial charge in [-0.05, 0) is 24.3 Å². The fraction of sp³-hybridized carbons (Fsp3) is 0.500. The first-order valence-corrected chi connectivity index (χ1v) is 9.98. The lowest BCUT2D eigenvalue weighted by molar-refractivity contribution is -0.129. The summed E-state index contributed by atoms with van der Waals surface area (Å²) >= 11 is 0. The molecule has 9 nitrogen and oxygen atoms in total. The van der Waals surface area contributed by atoms with Gasteiger partial charge in [-0.2, -0.15) is 10.1 Å². The number of hydrogen-bond donors (Lipinski definition) is 0. The summed E-state index contributed by atoms with van der Waals surface area (Å²) in [5.74, 6) is 2.49.